The van der Waals surface area contributed by atoms with Crippen LogP contribution in [-0.4, -0.2) is 58.0 Å². The van der Waals surface area contributed by atoms with Gasteiger partial charge in [-0.15, -0.1) is 0 Å². The first-order chi connectivity index (χ1) is 20.4. The molecule has 0 aliphatic rings. The van der Waals surface area contributed by atoms with Crippen LogP contribution in [0.4, 0.5) is 10.1 Å². The van der Waals surface area contributed by atoms with Gasteiger partial charge >= 0.3 is 0 Å². The van der Waals surface area contributed by atoms with Crippen molar-refractivity contribution in [3.8, 4) is 11.5 Å². The Balaban J connectivity index is 2.14. The van der Waals surface area contributed by atoms with E-state index in [4.69, 9.17) is 9.47 Å². The number of aryl methyl sites for hydroxylation is 1. The van der Waals surface area contributed by atoms with Gasteiger partial charge in [0, 0.05) is 18.7 Å². The fourth-order valence-electron chi connectivity index (χ4n) is 4.49. The smallest absolute Gasteiger partial charge is 0.264 e. The molecule has 0 bridgehead atoms. The van der Waals surface area contributed by atoms with Gasteiger partial charge < -0.3 is 19.7 Å². The number of hydrogen-bond acceptors (Lipinski definition) is 6. The summed E-state index contributed by atoms with van der Waals surface area (Å²) < 4.78 is 53.8. The third-order valence-electron chi connectivity index (χ3n) is 7.20. The molecule has 0 aliphatic heterocycles. The molecule has 43 heavy (non-hydrogen) atoms. The lowest BCUT2D eigenvalue weighted by Gasteiger charge is -2.34. The highest BCUT2D eigenvalue weighted by Crippen LogP contribution is 2.36. The minimum absolute atomic E-state index is 0.0255. The summed E-state index contributed by atoms with van der Waals surface area (Å²) in [6, 6.07) is 15.5. The van der Waals surface area contributed by atoms with E-state index in [0.717, 1.165) is 9.87 Å². The van der Waals surface area contributed by atoms with E-state index < -0.39 is 34.3 Å². The Morgan fingerprint density at radius 2 is 1.58 bits per heavy atom. The molecule has 9 nitrogen and oxygen atoms in total. The molecule has 11 heteroatoms. The number of anilines is 1. The standard InChI is InChI=1S/C32H40FN3O6S/c1-7-23(4)34-32(38)28(8-2)35(20-24-11-13-25(33)14-12-24)31(37)21-36(29-19-26(41-5)15-18-30(29)42-6)43(39,40)27-16-9-22(3)10-17-27/h9-19,23,28H,7-8,20-21H2,1-6H3,(H,34,38)/t23-,28+/m1/s1. The molecule has 3 rings (SSSR count). The van der Waals surface area contributed by atoms with Crippen LogP contribution < -0.4 is 19.1 Å². The van der Waals surface area contributed by atoms with Gasteiger partial charge in [0.15, 0.2) is 0 Å². The van der Waals surface area contributed by atoms with Crippen molar-refractivity contribution in [2.45, 2.75) is 64.1 Å². The Kier molecular flexibility index (Phi) is 11.5. The van der Waals surface area contributed by atoms with E-state index in [-0.39, 0.29) is 41.2 Å². The van der Waals surface area contributed by atoms with Crippen molar-refractivity contribution in [2.24, 2.45) is 0 Å². The van der Waals surface area contributed by atoms with E-state index >= 15 is 0 Å². The summed E-state index contributed by atoms with van der Waals surface area (Å²) >= 11 is 0. The van der Waals surface area contributed by atoms with Crippen molar-refractivity contribution >= 4 is 27.5 Å². The zero-order chi connectivity index (χ0) is 31.7. The van der Waals surface area contributed by atoms with Crippen LogP contribution in [0.15, 0.2) is 71.6 Å². The number of benzene rings is 3. The Hall–Kier alpha value is -4.12. The second-order valence-electron chi connectivity index (χ2n) is 10.3. The molecule has 0 aromatic heterocycles. The monoisotopic (exact) mass is 613 g/mol. The molecule has 0 saturated heterocycles. The minimum Gasteiger partial charge on any atom is -0.497 e. The van der Waals surface area contributed by atoms with Crippen molar-refractivity contribution in [1.82, 2.24) is 10.2 Å². The minimum atomic E-state index is -4.31. The molecular weight excluding hydrogens is 573 g/mol. The van der Waals surface area contributed by atoms with E-state index in [1.54, 1.807) is 31.2 Å². The number of ether oxygens (including phenoxy) is 2. The molecule has 0 fully saturated rings. The summed E-state index contributed by atoms with van der Waals surface area (Å²) in [7, 11) is -1.47. The summed E-state index contributed by atoms with van der Waals surface area (Å²) in [4.78, 5) is 28.9. The van der Waals surface area contributed by atoms with Crippen molar-refractivity contribution in [2.75, 3.05) is 25.1 Å². The Labute approximate surface area is 253 Å². The van der Waals surface area contributed by atoms with E-state index in [2.05, 4.69) is 5.32 Å². The fourth-order valence-corrected chi connectivity index (χ4v) is 5.91. The van der Waals surface area contributed by atoms with E-state index in [1.165, 1.54) is 61.6 Å². The molecule has 0 heterocycles. The summed E-state index contributed by atoms with van der Waals surface area (Å²) in [5.74, 6) is -0.871. The van der Waals surface area contributed by atoms with Crippen molar-refractivity contribution in [3.05, 3.63) is 83.7 Å². The van der Waals surface area contributed by atoms with Crippen molar-refractivity contribution in [3.63, 3.8) is 0 Å². The topological polar surface area (TPSA) is 105 Å². The number of hydrogen-bond donors (Lipinski definition) is 1. The molecular formula is C32H40FN3O6S. The molecule has 0 unspecified atom stereocenters. The largest absolute Gasteiger partial charge is 0.497 e. The Bertz CT molecular complexity index is 1500. The highest BCUT2D eigenvalue weighted by atomic mass is 32.2. The molecule has 232 valence electrons. The molecule has 3 aromatic carbocycles. The maximum absolute atomic E-state index is 14.2. The van der Waals surface area contributed by atoms with Crippen LogP contribution >= 0.6 is 0 Å². The first kappa shape index (κ1) is 33.4. The molecule has 0 aliphatic carbocycles. The van der Waals surface area contributed by atoms with Gasteiger partial charge in [-0.1, -0.05) is 43.7 Å². The van der Waals surface area contributed by atoms with Crippen LogP contribution in [0.5, 0.6) is 11.5 Å². The number of carbonyl (C=O) groups is 2. The van der Waals surface area contributed by atoms with Gasteiger partial charge in [0.25, 0.3) is 10.0 Å². The molecule has 0 radical (unpaired) electrons. The second kappa shape index (κ2) is 14.9. The Morgan fingerprint density at radius 1 is 0.930 bits per heavy atom. The third kappa shape index (κ3) is 8.25. The van der Waals surface area contributed by atoms with Crippen LogP contribution in [-0.2, 0) is 26.2 Å². The lowest BCUT2D eigenvalue weighted by molar-refractivity contribution is -0.140. The quantitative estimate of drug-likeness (QED) is 0.272. The number of nitrogens with zero attached hydrogens (tertiary/aromatic N) is 2. The molecule has 2 atom stereocenters. The van der Waals surface area contributed by atoms with Gasteiger partial charge in [-0.25, -0.2) is 12.8 Å². The van der Waals surface area contributed by atoms with Gasteiger partial charge in [0.05, 0.1) is 24.8 Å². The van der Waals surface area contributed by atoms with Gasteiger partial charge in [-0.3, -0.25) is 13.9 Å². The number of sulfonamides is 1. The number of carbonyl (C=O) groups excluding carboxylic acids is 2. The summed E-state index contributed by atoms with van der Waals surface area (Å²) in [5.41, 5.74) is 1.54. The third-order valence-corrected chi connectivity index (χ3v) is 8.97. The van der Waals surface area contributed by atoms with Crippen LogP contribution in [0.25, 0.3) is 0 Å². The normalized spacial score (nSPS) is 12.6. The number of amides is 2. The predicted molar refractivity (Wildman–Crippen MR) is 164 cm³/mol. The molecule has 0 saturated carbocycles. The first-order valence-electron chi connectivity index (χ1n) is 14.1. The van der Waals surface area contributed by atoms with Crippen LogP contribution in [0.2, 0.25) is 0 Å². The summed E-state index contributed by atoms with van der Waals surface area (Å²) in [6.45, 7) is 6.72. The number of methoxy groups -OCH3 is 2. The molecule has 2 amide bonds. The Morgan fingerprint density at radius 3 is 2.14 bits per heavy atom. The van der Waals surface area contributed by atoms with Gasteiger partial charge in [0.2, 0.25) is 11.8 Å². The van der Waals surface area contributed by atoms with Crippen molar-refractivity contribution in [1.29, 1.82) is 0 Å². The summed E-state index contributed by atoms with van der Waals surface area (Å²) in [6.07, 6.45) is 0.953. The number of rotatable bonds is 14. The van der Waals surface area contributed by atoms with Crippen LogP contribution in [0, 0.1) is 12.7 Å². The van der Waals surface area contributed by atoms with Crippen LogP contribution in [0.3, 0.4) is 0 Å². The van der Waals surface area contributed by atoms with Crippen molar-refractivity contribution < 1.29 is 31.9 Å². The maximum atomic E-state index is 14.2. The summed E-state index contributed by atoms with van der Waals surface area (Å²) in [5, 5.41) is 2.93. The van der Waals surface area contributed by atoms with E-state index in [9.17, 15) is 22.4 Å². The zero-order valence-corrected chi connectivity index (χ0v) is 26.3. The average molecular weight is 614 g/mol. The number of nitrogens with one attached hydrogen (secondary N) is 1. The second-order valence-corrected chi connectivity index (χ2v) is 12.1. The zero-order valence-electron chi connectivity index (χ0n) is 25.5. The predicted octanol–water partition coefficient (Wildman–Crippen LogP) is 5.07. The molecule has 1 N–H and O–H groups in total. The highest BCUT2D eigenvalue weighted by Gasteiger charge is 2.35. The lowest BCUT2D eigenvalue weighted by Crippen LogP contribution is -2.53. The average Bonchev–Trinajstić information content (AvgIpc) is 3.00. The van der Waals surface area contributed by atoms with E-state index in [1.807, 2.05) is 20.8 Å². The lowest BCUT2D eigenvalue weighted by atomic mass is 10.1. The van der Waals surface area contributed by atoms with Crippen LogP contribution in [0.1, 0.15) is 44.7 Å². The van der Waals surface area contributed by atoms with Gasteiger partial charge in [-0.05, 0) is 68.7 Å². The SMILES string of the molecule is CC[C@@H](C)NC(=O)[C@H](CC)N(Cc1ccc(F)cc1)C(=O)CN(c1cc(OC)ccc1OC)S(=O)(=O)c1ccc(C)cc1. The number of halogens is 1. The van der Waals surface area contributed by atoms with Gasteiger partial charge in [0.1, 0.15) is 29.9 Å². The molecule has 0 spiro atoms. The fraction of sp³-hybridized carbons (Fsp3) is 0.375. The maximum Gasteiger partial charge on any atom is 0.264 e. The van der Waals surface area contributed by atoms with E-state index in [0.29, 0.717) is 17.7 Å². The first-order valence-corrected chi connectivity index (χ1v) is 15.5. The van der Waals surface area contributed by atoms with Gasteiger partial charge in [-0.2, -0.15) is 0 Å². The molecule has 3 aromatic rings. The highest BCUT2D eigenvalue weighted by molar-refractivity contribution is 7.92.